The van der Waals surface area contributed by atoms with Crippen LogP contribution in [0.3, 0.4) is 0 Å². The van der Waals surface area contributed by atoms with Crippen LogP contribution in [0.5, 0.6) is 0 Å². The molecule has 6 nitrogen and oxygen atoms in total. The van der Waals surface area contributed by atoms with Crippen molar-refractivity contribution in [1.82, 2.24) is 10.2 Å². The van der Waals surface area contributed by atoms with Crippen molar-refractivity contribution >= 4 is 17.5 Å². The first-order valence-electron chi connectivity index (χ1n) is 10.3. The Bertz CT molecular complexity index is 1020. The largest absolute Gasteiger partial charge is 0.455 e. The average molecular weight is 393 g/mol. The lowest BCUT2D eigenvalue weighted by Gasteiger charge is -2.42. The number of aryl methyl sites for hydroxylation is 1. The third-order valence-electron chi connectivity index (χ3n) is 6.58. The van der Waals surface area contributed by atoms with E-state index in [-0.39, 0.29) is 29.3 Å². The molecule has 6 heteroatoms. The lowest BCUT2D eigenvalue weighted by molar-refractivity contribution is 0.0658. The van der Waals surface area contributed by atoms with Crippen LogP contribution in [-0.2, 0) is 5.41 Å². The Morgan fingerprint density at radius 2 is 1.97 bits per heavy atom. The number of hydrogen-bond acceptors (Lipinski definition) is 4. The van der Waals surface area contributed by atoms with Gasteiger partial charge in [0.05, 0.1) is 11.6 Å². The highest BCUT2D eigenvalue weighted by molar-refractivity contribution is 6.02. The van der Waals surface area contributed by atoms with Crippen LogP contribution in [0, 0.1) is 6.92 Å². The van der Waals surface area contributed by atoms with Crippen molar-refractivity contribution in [2.45, 2.75) is 70.1 Å². The van der Waals surface area contributed by atoms with E-state index in [0.29, 0.717) is 17.7 Å². The van der Waals surface area contributed by atoms with Gasteiger partial charge in [-0.3, -0.25) is 9.59 Å². The van der Waals surface area contributed by atoms with Crippen LogP contribution in [0.25, 0.3) is 0 Å². The minimum Gasteiger partial charge on any atom is -0.455 e. The molecule has 2 fully saturated rings. The molecule has 0 radical (unpaired) electrons. The van der Waals surface area contributed by atoms with Crippen LogP contribution in [0.15, 0.2) is 34.7 Å². The Balaban J connectivity index is 1.48. The fourth-order valence-corrected chi connectivity index (χ4v) is 5.16. The van der Waals surface area contributed by atoms with Gasteiger partial charge in [-0.05, 0) is 38.0 Å². The second-order valence-corrected chi connectivity index (χ2v) is 9.63. The lowest BCUT2D eigenvalue weighted by Crippen LogP contribution is -2.64. The van der Waals surface area contributed by atoms with Gasteiger partial charge in [-0.1, -0.05) is 32.9 Å². The maximum atomic E-state index is 13.5. The summed E-state index contributed by atoms with van der Waals surface area (Å²) in [5, 5.41) is 6.74. The van der Waals surface area contributed by atoms with Gasteiger partial charge in [-0.2, -0.15) is 0 Å². The van der Waals surface area contributed by atoms with Gasteiger partial charge in [0.15, 0.2) is 5.76 Å². The summed E-state index contributed by atoms with van der Waals surface area (Å²) in [5.41, 5.74) is 1.58. The van der Waals surface area contributed by atoms with E-state index in [1.165, 1.54) is 0 Å². The molecule has 2 bridgehead atoms. The van der Waals surface area contributed by atoms with Crippen LogP contribution in [0.2, 0.25) is 0 Å². The number of nitrogens with one attached hydrogen (secondary N) is 2. The van der Waals surface area contributed by atoms with Gasteiger partial charge in [0.2, 0.25) is 0 Å². The fraction of sp³-hybridized carbons (Fsp3) is 0.478. The molecule has 5 rings (SSSR count). The summed E-state index contributed by atoms with van der Waals surface area (Å²) < 4.78 is 6.03. The minimum atomic E-state index is -0.614. The van der Waals surface area contributed by atoms with Crippen LogP contribution >= 0.6 is 0 Å². The molecule has 1 aromatic carbocycles. The minimum absolute atomic E-state index is 0.0720. The van der Waals surface area contributed by atoms with Gasteiger partial charge < -0.3 is 20.0 Å². The number of hydrogen-bond donors (Lipinski definition) is 2. The third-order valence-corrected chi connectivity index (χ3v) is 6.58. The van der Waals surface area contributed by atoms with Gasteiger partial charge in [0.25, 0.3) is 11.8 Å². The summed E-state index contributed by atoms with van der Waals surface area (Å²) in [6, 6.07) is 9.50. The summed E-state index contributed by atoms with van der Waals surface area (Å²) in [6.45, 7) is 8.16. The molecule has 2 aromatic rings. The first kappa shape index (κ1) is 18.3. The van der Waals surface area contributed by atoms with Gasteiger partial charge in [0, 0.05) is 29.1 Å². The van der Waals surface area contributed by atoms with E-state index < -0.39 is 5.66 Å². The van der Waals surface area contributed by atoms with Gasteiger partial charge in [-0.25, -0.2) is 0 Å². The Kier molecular flexibility index (Phi) is 3.70. The number of anilines is 1. The number of benzene rings is 1. The van der Waals surface area contributed by atoms with Crippen molar-refractivity contribution in [3.8, 4) is 0 Å². The molecule has 2 amide bonds. The molecular weight excluding hydrogens is 366 g/mol. The summed E-state index contributed by atoms with van der Waals surface area (Å²) >= 11 is 0. The van der Waals surface area contributed by atoms with Crippen LogP contribution in [0.1, 0.15) is 72.3 Å². The van der Waals surface area contributed by atoms with Gasteiger partial charge >= 0.3 is 0 Å². The van der Waals surface area contributed by atoms with Crippen molar-refractivity contribution < 1.29 is 14.0 Å². The molecule has 3 atom stereocenters. The normalized spacial score (nSPS) is 27.7. The first-order chi connectivity index (χ1) is 13.7. The molecule has 4 heterocycles. The van der Waals surface area contributed by atoms with Crippen molar-refractivity contribution in [2.24, 2.45) is 0 Å². The van der Waals surface area contributed by atoms with E-state index in [0.717, 1.165) is 29.9 Å². The second kappa shape index (κ2) is 5.88. The van der Waals surface area contributed by atoms with E-state index in [9.17, 15) is 9.59 Å². The monoisotopic (exact) mass is 393 g/mol. The summed E-state index contributed by atoms with van der Waals surface area (Å²) in [6.07, 6.45) is 2.51. The maximum Gasteiger partial charge on any atom is 0.290 e. The van der Waals surface area contributed by atoms with Crippen molar-refractivity contribution in [3.05, 3.63) is 53.0 Å². The predicted octanol–water partition coefficient (Wildman–Crippen LogP) is 3.81. The number of carbonyl (C=O) groups is 2. The molecule has 2 saturated heterocycles. The highest BCUT2D eigenvalue weighted by Gasteiger charge is 2.60. The second-order valence-electron chi connectivity index (χ2n) is 9.63. The molecular formula is C23H27N3O3. The highest BCUT2D eigenvalue weighted by atomic mass is 16.4. The molecule has 3 aliphatic rings. The molecule has 3 aliphatic heterocycles. The smallest absolute Gasteiger partial charge is 0.290 e. The van der Waals surface area contributed by atoms with E-state index in [2.05, 4.69) is 31.4 Å². The van der Waals surface area contributed by atoms with E-state index >= 15 is 0 Å². The number of furan rings is 1. The van der Waals surface area contributed by atoms with E-state index in [1.54, 1.807) is 0 Å². The topological polar surface area (TPSA) is 74.6 Å². The Morgan fingerprint density at radius 3 is 2.69 bits per heavy atom. The van der Waals surface area contributed by atoms with Crippen LogP contribution < -0.4 is 10.6 Å². The molecule has 29 heavy (non-hydrogen) atoms. The quantitative estimate of drug-likeness (QED) is 0.773. The standard InChI is InChI=1S/C23H27N3O3/c1-13-11-18(22(2,3)4)29-19(13)21(28)26-14-9-10-17(26)23(12-14)24-16-8-6-5-7-15(16)20(27)25-23/h5-8,11,14,17,24H,9-10,12H2,1-4H3,(H,25,27)/t14-,17+,23+/m1/s1. The van der Waals surface area contributed by atoms with E-state index in [4.69, 9.17) is 4.42 Å². The molecule has 2 N–H and O–H groups in total. The van der Waals surface area contributed by atoms with Crippen molar-refractivity contribution in [2.75, 3.05) is 5.32 Å². The van der Waals surface area contributed by atoms with E-state index in [1.807, 2.05) is 42.2 Å². The summed E-state index contributed by atoms with van der Waals surface area (Å²) in [4.78, 5) is 28.2. The zero-order valence-electron chi connectivity index (χ0n) is 17.3. The summed E-state index contributed by atoms with van der Waals surface area (Å²) in [5.74, 6) is 1.09. The van der Waals surface area contributed by atoms with Crippen LogP contribution in [-0.4, -0.2) is 34.5 Å². The Labute approximate surface area is 170 Å². The summed E-state index contributed by atoms with van der Waals surface area (Å²) in [7, 11) is 0. The molecule has 0 saturated carbocycles. The third kappa shape index (κ3) is 2.61. The number of fused-ring (bicyclic) bond motifs is 4. The number of nitrogens with zero attached hydrogens (tertiary/aromatic N) is 1. The fourth-order valence-electron chi connectivity index (χ4n) is 5.16. The number of amides is 2. The van der Waals surface area contributed by atoms with Gasteiger partial charge in [0.1, 0.15) is 11.4 Å². The average Bonchev–Trinajstić information content (AvgIpc) is 3.32. The van der Waals surface area contributed by atoms with Crippen molar-refractivity contribution in [3.63, 3.8) is 0 Å². The Hall–Kier alpha value is -2.76. The highest BCUT2D eigenvalue weighted by Crippen LogP contribution is 2.47. The molecule has 1 aromatic heterocycles. The van der Waals surface area contributed by atoms with Gasteiger partial charge in [-0.15, -0.1) is 0 Å². The Morgan fingerprint density at radius 1 is 1.21 bits per heavy atom. The lowest BCUT2D eigenvalue weighted by atomic mass is 9.86. The zero-order valence-corrected chi connectivity index (χ0v) is 17.3. The molecule has 152 valence electrons. The molecule has 0 aliphatic carbocycles. The SMILES string of the molecule is Cc1cc(C(C)(C)C)oc1C(=O)N1[C@@H]2CC[C@H]1[C@]1(C2)NC(=O)c2ccccc2N1. The molecule has 0 unspecified atom stereocenters. The zero-order chi connectivity index (χ0) is 20.6. The number of carbonyl (C=O) groups excluding carboxylic acids is 2. The maximum absolute atomic E-state index is 13.5. The number of para-hydroxylation sites is 1. The van der Waals surface area contributed by atoms with Crippen molar-refractivity contribution in [1.29, 1.82) is 0 Å². The van der Waals surface area contributed by atoms with Crippen LogP contribution in [0.4, 0.5) is 5.69 Å². The first-order valence-corrected chi connectivity index (χ1v) is 10.3. The predicted molar refractivity (Wildman–Crippen MR) is 110 cm³/mol. The number of rotatable bonds is 1. The molecule has 1 spiro atoms.